The van der Waals surface area contributed by atoms with Gasteiger partial charge in [-0.05, 0) is 62.8 Å². The molecule has 14 heavy (non-hydrogen) atoms. The summed E-state index contributed by atoms with van der Waals surface area (Å²) in [5, 5.41) is 3.10. The first kappa shape index (κ1) is 9.17. The second-order valence-corrected chi connectivity index (χ2v) is 5.56. The van der Waals surface area contributed by atoms with Gasteiger partial charge >= 0.3 is 0 Å². The standard InChI is InChI=1S/C12H21NO/c1-13-7-14-12-10-3-8-2-9(5-10)6-11(12)4-8/h8-13H,2-7H2,1H3. The Morgan fingerprint density at radius 1 is 1.00 bits per heavy atom. The Morgan fingerprint density at radius 3 is 2.07 bits per heavy atom. The van der Waals surface area contributed by atoms with Gasteiger partial charge in [-0.1, -0.05) is 0 Å². The van der Waals surface area contributed by atoms with E-state index in [0.717, 1.165) is 30.4 Å². The second-order valence-electron chi connectivity index (χ2n) is 5.56. The number of nitrogens with one attached hydrogen (secondary N) is 1. The molecule has 2 heteroatoms. The van der Waals surface area contributed by atoms with E-state index in [0.29, 0.717) is 6.10 Å². The fraction of sp³-hybridized carbons (Fsp3) is 1.00. The van der Waals surface area contributed by atoms with E-state index in [9.17, 15) is 0 Å². The van der Waals surface area contributed by atoms with Crippen LogP contribution in [0.4, 0.5) is 0 Å². The van der Waals surface area contributed by atoms with E-state index in [-0.39, 0.29) is 0 Å². The predicted molar refractivity (Wildman–Crippen MR) is 55.8 cm³/mol. The molecule has 0 heterocycles. The first-order valence-electron chi connectivity index (χ1n) is 6.13. The molecule has 0 aromatic carbocycles. The van der Waals surface area contributed by atoms with E-state index < -0.39 is 0 Å². The fourth-order valence-electron chi connectivity index (χ4n) is 4.33. The number of ether oxygens (including phenoxy) is 1. The number of rotatable bonds is 3. The Labute approximate surface area is 86.4 Å². The Kier molecular flexibility index (Phi) is 2.29. The van der Waals surface area contributed by atoms with Gasteiger partial charge in [0, 0.05) is 0 Å². The summed E-state index contributed by atoms with van der Waals surface area (Å²) in [7, 11) is 1.97. The van der Waals surface area contributed by atoms with Crippen LogP contribution in [0.3, 0.4) is 0 Å². The van der Waals surface area contributed by atoms with Crippen LogP contribution < -0.4 is 5.32 Å². The SMILES string of the molecule is CNCOC1C2CC3CC(C2)CC1C3. The molecule has 4 aliphatic carbocycles. The zero-order valence-corrected chi connectivity index (χ0v) is 9.04. The molecule has 4 bridgehead atoms. The van der Waals surface area contributed by atoms with Gasteiger partial charge in [0.2, 0.25) is 0 Å². The molecule has 1 N–H and O–H groups in total. The van der Waals surface area contributed by atoms with Crippen molar-refractivity contribution in [3.8, 4) is 0 Å². The third kappa shape index (κ3) is 1.40. The zero-order chi connectivity index (χ0) is 9.54. The highest BCUT2D eigenvalue weighted by Crippen LogP contribution is 2.54. The van der Waals surface area contributed by atoms with Gasteiger partial charge in [0.05, 0.1) is 12.8 Å². The average molecular weight is 195 g/mol. The van der Waals surface area contributed by atoms with Crippen LogP contribution in [0.1, 0.15) is 32.1 Å². The van der Waals surface area contributed by atoms with E-state index in [1.165, 1.54) is 32.1 Å². The maximum atomic E-state index is 5.96. The van der Waals surface area contributed by atoms with Crippen LogP contribution in [-0.2, 0) is 4.74 Å². The molecule has 0 spiro atoms. The molecule has 0 saturated heterocycles. The van der Waals surface area contributed by atoms with Crippen LogP contribution in [0.15, 0.2) is 0 Å². The molecule has 2 nitrogen and oxygen atoms in total. The smallest absolute Gasteiger partial charge is 0.0966 e. The van der Waals surface area contributed by atoms with Crippen molar-refractivity contribution in [2.45, 2.75) is 38.2 Å². The van der Waals surface area contributed by atoms with Gasteiger partial charge in [0.15, 0.2) is 0 Å². The van der Waals surface area contributed by atoms with Crippen LogP contribution in [0.25, 0.3) is 0 Å². The molecule has 0 atom stereocenters. The van der Waals surface area contributed by atoms with Crippen molar-refractivity contribution in [3.05, 3.63) is 0 Å². The van der Waals surface area contributed by atoms with Gasteiger partial charge < -0.3 is 4.74 Å². The van der Waals surface area contributed by atoms with Crippen molar-refractivity contribution in [2.75, 3.05) is 13.8 Å². The van der Waals surface area contributed by atoms with Crippen molar-refractivity contribution < 1.29 is 4.74 Å². The highest BCUT2D eigenvalue weighted by atomic mass is 16.5. The molecule has 0 radical (unpaired) electrons. The summed E-state index contributed by atoms with van der Waals surface area (Å²) in [5.41, 5.74) is 0. The Bertz CT molecular complexity index is 188. The van der Waals surface area contributed by atoms with E-state index in [1.54, 1.807) is 0 Å². The molecule has 4 saturated carbocycles. The third-order valence-corrected chi connectivity index (χ3v) is 4.56. The van der Waals surface area contributed by atoms with Crippen LogP contribution in [-0.4, -0.2) is 19.9 Å². The largest absolute Gasteiger partial charge is 0.363 e. The van der Waals surface area contributed by atoms with E-state index in [2.05, 4.69) is 5.32 Å². The summed E-state index contributed by atoms with van der Waals surface area (Å²) in [6.45, 7) is 0.743. The average Bonchev–Trinajstić information content (AvgIpc) is 2.15. The second kappa shape index (κ2) is 3.49. The van der Waals surface area contributed by atoms with Gasteiger partial charge in [0.25, 0.3) is 0 Å². The first-order chi connectivity index (χ1) is 6.86. The van der Waals surface area contributed by atoms with Crippen molar-refractivity contribution in [1.29, 1.82) is 0 Å². The van der Waals surface area contributed by atoms with E-state index >= 15 is 0 Å². The fourth-order valence-corrected chi connectivity index (χ4v) is 4.33. The minimum absolute atomic E-state index is 0.593. The molecule has 0 amide bonds. The van der Waals surface area contributed by atoms with Crippen molar-refractivity contribution in [1.82, 2.24) is 5.32 Å². The van der Waals surface area contributed by atoms with E-state index in [4.69, 9.17) is 4.74 Å². The lowest BCUT2D eigenvalue weighted by Gasteiger charge is -2.53. The summed E-state index contributed by atoms with van der Waals surface area (Å²) in [6.07, 6.45) is 7.97. The molecule has 4 aliphatic rings. The molecular formula is C12H21NO. The monoisotopic (exact) mass is 195 g/mol. The van der Waals surface area contributed by atoms with Gasteiger partial charge in [0.1, 0.15) is 0 Å². The lowest BCUT2D eigenvalue weighted by molar-refractivity contribution is -0.128. The predicted octanol–water partition coefficient (Wildman–Crippen LogP) is 2.00. The zero-order valence-electron chi connectivity index (χ0n) is 9.04. The minimum atomic E-state index is 0.593. The Morgan fingerprint density at radius 2 is 1.57 bits per heavy atom. The lowest BCUT2D eigenvalue weighted by atomic mass is 9.55. The van der Waals surface area contributed by atoms with Gasteiger partial charge in [-0.15, -0.1) is 0 Å². The molecule has 0 aromatic rings. The van der Waals surface area contributed by atoms with Crippen LogP contribution in [0.5, 0.6) is 0 Å². The summed E-state index contributed by atoms with van der Waals surface area (Å²) in [6, 6.07) is 0. The number of hydrogen-bond acceptors (Lipinski definition) is 2. The van der Waals surface area contributed by atoms with Crippen molar-refractivity contribution in [2.24, 2.45) is 23.7 Å². The van der Waals surface area contributed by atoms with Crippen molar-refractivity contribution >= 4 is 0 Å². The third-order valence-electron chi connectivity index (χ3n) is 4.56. The lowest BCUT2D eigenvalue weighted by Crippen LogP contribution is -2.50. The van der Waals surface area contributed by atoms with Gasteiger partial charge in [-0.3, -0.25) is 5.32 Å². The topological polar surface area (TPSA) is 21.3 Å². The van der Waals surface area contributed by atoms with Crippen LogP contribution >= 0.6 is 0 Å². The highest BCUT2D eigenvalue weighted by Gasteiger charge is 2.48. The molecule has 4 rings (SSSR count). The maximum Gasteiger partial charge on any atom is 0.0966 e. The molecule has 4 fully saturated rings. The number of hydrogen-bond donors (Lipinski definition) is 1. The van der Waals surface area contributed by atoms with Crippen molar-refractivity contribution in [3.63, 3.8) is 0 Å². The molecule has 80 valence electrons. The summed E-state index contributed by atoms with van der Waals surface area (Å²) in [5.74, 6) is 3.93. The summed E-state index contributed by atoms with van der Waals surface area (Å²) in [4.78, 5) is 0. The summed E-state index contributed by atoms with van der Waals surface area (Å²) >= 11 is 0. The van der Waals surface area contributed by atoms with E-state index in [1.807, 2.05) is 7.05 Å². The maximum absolute atomic E-state index is 5.96. The van der Waals surface area contributed by atoms with Gasteiger partial charge in [-0.25, -0.2) is 0 Å². The quantitative estimate of drug-likeness (QED) is 0.695. The molecular weight excluding hydrogens is 174 g/mol. The molecule has 0 aliphatic heterocycles. The normalized spacial score (nSPS) is 49.9. The van der Waals surface area contributed by atoms with Gasteiger partial charge in [-0.2, -0.15) is 0 Å². The minimum Gasteiger partial charge on any atom is -0.363 e. The highest BCUT2D eigenvalue weighted by molar-refractivity contribution is 4.98. The van der Waals surface area contributed by atoms with Crippen LogP contribution in [0, 0.1) is 23.7 Å². The Balaban J connectivity index is 1.69. The Hall–Kier alpha value is -0.0800. The molecule has 0 unspecified atom stereocenters. The first-order valence-corrected chi connectivity index (χ1v) is 6.13. The summed E-state index contributed by atoms with van der Waals surface area (Å²) < 4.78 is 5.96. The van der Waals surface area contributed by atoms with Crippen LogP contribution in [0.2, 0.25) is 0 Å². The molecule has 0 aromatic heterocycles.